The van der Waals surface area contributed by atoms with Crippen LogP contribution in [0.5, 0.6) is 0 Å². The van der Waals surface area contributed by atoms with Crippen molar-refractivity contribution in [3.8, 4) is 0 Å². The Bertz CT molecular complexity index is 1030. The van der Waals surface area contributed by atoms with Gasteiger partial charge in [0.15, 0.2) is 12.4 Å². The van der Waals surface area contributed by atoms with E-state index in [1.54, 1.807) is 21.1 Å². The zero-order valence-corrected chi connectivity index (χ0v) is 29.4. The number of cyclic esters (lactones) is 1. The second-order valence-electron chi connectivity index (χ2n) is 14.6. The minimum absolute atomic E-state index is 0.0118. The third kappa shape index (κ3) is 6.90. The highest BCUT2D eigenvalue weighted by molar-refractivity contribution is 5.74. The summed E-state index contributed by atoms with van der Waals surface area (Å²) in [7, 11) is 3.35. The largest absolute Gasteiger partial charge is 0.458 e. The van der Waals surface area contributed by atoms with Crippen molar-refractivity contribution < 1.29 is 43.1 Å². The Labute approximate surface area is 270 Å². The maximum absolute atomic E-state index is 14.1. The molecule has 11 heteroatoms. The molecule has 4 aliphatic heterocycles. The van der Waals surface area contributed by atoms with Crippen LogP contribution >= 0.6 is 0 Å². The van der Waals surface area contributed by atoms with Crippen LogP contribution in [0.15, 0.2) is 0 Å². The molecular weight excluding hydrogens is 580 g/mol. The lowest BCUT2D eigenvalue weighted by molar-refractivity contribution is -0.298. The average Bonchev–Trinajstić information content (AvgIpc) is 3.23. The van der Waals surface area contributed by atoms with Crippen LogP contribution in [0.2, 0.25) is 0 Å². The highest BCUT2D eigenvalue weighted by Crippen LogP contribution is 2.44. The zero-order chi connectivity index (χ0) is 33.4. The first-order valence-electron chi connectivity index (χ1n) is 17.2. The monoisotopic (exact) mass is 640 g/mol. The molecule has 0 saturated carbocycles. The van der Waals surface area contributed by atoms with E-state index in [0.29, 0.717) is 25.9 Å². The second-order valence-corrected chi connectivity index (χ2v) is 14.6. The van der Waals surface area contributed by atoms with Crippen LogP contribution < -0.4 is 5.32 Å². The number of rotatable bonds is 6. The normalized spacial score (nSPS) is 48.3. The maximum Gasteiger partial charge on any atom is 0.410 e. The van der Waals surface area contributed by atoms with Crippen molar-refractivity contribution in [3.63, 3.8) is 0 Å². The van der Waals surface area contributed by atoms with Gasteiger partial charge in [0.05, 0.1) is 35.4 Å². The number of hydrogen-bond donors (Lipinski definition) is 2. The van der Waals surface area contributed by atoms with Gasteiger partial charge in [-0.2, -0.15) is 0 Å². The summed E-state index contributed by atoms with van der Waals surface area (Å²) in [4.78, 5) is 29.1. The summed E-state index contributed by atoms with van der Waals surface area (Å²) < 4.78 is 37.4. The molecule has 2 N–H and O–H groups in total. The summed E-state index contributed by atoms with van der Waals surface area (Å²) in [6.45, 7) is 19.6. The first-order chi connectivity index (χ1) is 21.2. The summed E-state index contributed by atoms with van der Waals surface area (Å²) in [5.41, 5.74) is -1.42. The molecule has 2 bridgehead atoms. The summed E-state index contributed by atoms with van der Waals surface area (Å²) in [6.07, 6.45) is -1.87. The summed E-state index contributed by atoms with van der Waals surface area (Å²) in [5.74, 6) is -0.915. The number of carbonyl (C=O) groups is 2. The van der Waals surface area contributed by atoms with Gasteiger partial charge in [0.2, 0.25) is 0 Å². The number of nitrogens with one attached hydrogen (secondary N) is 1. The van der Waals surface area contributed by atoms with E-state index < -0.39 is 59.9 Å². The van der Waals surface area contributed by atoms with E-state index in [1.807, 2.05) is 25.7 Å². The van der Waals surface area contributed by atoms with Crippen LogP contribution in [-0.4, -0.2) is 109 Å². The van der Waals surface area contributed by atoms with Gasteiger partial charge < -0.3 is 38.8 Å². The molecule has 0 aromatic heterocycles. The Balaban J connectivity index is 1.77. The van der Waals surface area contributed by atoms with E-state index in [4.69, 9.17) is 28.4 Å². The standard InChI is InChI=1S/C34H60N2O9/c1-12-23-21(6)33(8,40-10)16-18(3)26-19(4)27-29(45-32(39)36(27)15-14-35-26)24(13-2)43-31(38)20(5)28(23)44-25-17-34(9,41-11)30(37)22(7)42-25/h18-30,35,37H,12-17H2,1-11H3/t18-,19?,20?,21-,22?,23-,24-,25+,26?,27?,28-,29?,30+,33-,34-/m1/s1. The van der Waals surface area contributed by atoms with Crippen LogP contribution in [0.4, 0.5) is 4.79 Å². The van der Waals surface area contributed by atoms with Crippen molar-refractivity contribution in [2.24, 2.45) is 29.6 Å². The molecule has 1 amide bonds. The van der Waals surface area contributed by atoms with Crippen LogP contribution in [0.3, 0.4) is 0 Å². The van der Waals surface area contributed by atoms with Crippen LogP contribution in [-0.2, 0) is 33.2 Å². The molecule has 4 heterocycles. The van der Waals surface area contributed by atoms with E-state index in [0.717, 1.165) is 12.8 Å². The van der Waals surface area contributed by atoms with Crippen molar-refractivity contribution in [1.82, 2.24) is 10.2 Å². The van der Waals surface area contributed by atoms with E-state index in [2.05, 4.69) is 39.9 Å². The summed E-state index contributed by atoms with van der Waals surface area (Å²) in [5, 5.41) is 14.6. The van der Waals surface area contributed by atoms with Gasteiger partial charge in [-0.3, -0.25) is 9.69 Å². The van der Waals surface area contributed by atoms with Gasteiger partial charge in [0.25, 0.3) is 0 Å². The van der Waals surface area contributed by atoms with Crippen LogP contribution in [0.1, 0.15) is 88.0 Å². The number of fused-ring (bicyclic) bond motifs is 1. The van der Waals surface area contributed by atoms with E-state index in [-0.39, 0.29) is 41.8 Å². The quantitative estimate of drug-likeness (QED) is 0.410. The molecule has 6 unspecified atom stereocenters. The topological polar surface area (TPSA) is 125 Å². The number of carbonyl (C=O) groups excluding carboxylic acids is 2. The minimum Gasteiger partial charge on any atom is -0.458 e. The van der Waals surface area contributed by atoms with E-state index >= 15 is 0 Å². The number of ether oxygens (including phenoxy) is 6. The van der Waals surface area contributed by atoms with Crippen LogP contribution in [0.25, 0.3) is 0 Å². The molecule has 0 radical (unpaired) electrons. The molecule has 260 valence electrons. The number of amides is 1. The minimum atomic E-state index is -0.872. The molecule has 0 aromatic carbocycles. The van der Waals surface area contributed by atoms with Crippen molar-refractivity contribution >= 4 is 12.1 Å². The fraction of sp³-hybridized carbons (Fsp3) is 0.941. The van der Waals surface area contributed by atoms with Gasteiger partial charge in [-0.25, -0.2) is 4.79 Å². The van der Waals surface area contributed by atoms with E-state index in [9.17, 15) is 14.7 Å². The summed E-state index contributed by atoms with van der Waals surface area (Å²) >= 11 is 0. The van der Waals surface area contributed by atoms with Gasteiger partial charge in [-0.15, -0.1) is 0 Å². The molecule has 4 fully saturated rings. The Morgan fingerprint density at radius 1 is 0.978 bits per heavy atom. The average molecular weight is 641 g/mol. The van der Waals surface area contributed by atoms with Crippen molar-refractivity contribution in [3.05, 3.63) is 0 Å². The predicted octanol–water partition coefficient (Wildman–Crippen LogP) is 4.13. The number of aliphatic hydroxyl groups excluding tert-OH is 1. The lowest BCUT2D eigenvalue weighted by atomic mass is 9.69. The molecule has 0 spiro atoms. The molecule has 15 atom stereocenters. The van der Waals surface area contributed by atoms with Gasteiger partial charge in [-0.05, 0) is 64.2 Å². The Hall–Kier alpha value is -1.50. The van der Waals surface area contributed by atoms with Crippen molar-refractivity contribution in [2.45, 2.75) is 148 Å². The lowest BCUT2D eigenvalue weighted by Gasteiger charge is -2.48. The predicted molar refractivity (Wildman–Crippen MR) is 168 cm³/mol. The molecule has 0 aliphatic carbocycles. The molecule has 45 heavy (non-hydrogen) atoms. The van der Waals surface area contributed by atoms with Gasteiger partial charge >= 0.3 is 12.1 Å². The fourth-order valence-electron chi connectivity index (χ4n) is 8.82. The number of methoxy groups -OCH3 is 2. The van der Waals surface area contributed by atoms with Crippen molar-refractivity contribution in [1.29, 1.82) is 0 Å². The van der Waals surface area contributed by atoms with Gasteiger partial charge in [0.1, 0.15) is 12.2 Å². The van der Waals surface area contributed by atoms with Gasteiger partial charge in [-0.1, -0.05) is 41.0 Å². The molecule has 4 rings (SSSR count). The molecule has 4 aliphatic rings. The number of aliphatic hydroxyl groups is 1. The first-order valence-corrected chi connectivity index (χ1v) is 17.2. The Morgan fingerprint density at radius 3 is 2.24 bits per heavy atom. The third-order valence-corrected chi connectivity index (χ3v) is 12.0. The van der Waals surface area contributed by atoms with E-state index in [1.165, 1.54) is 0 Å². The first kappa shape index (κ1) is 36.3. The smallest absolute Gasteiger partial charge is 0.410 e. The fourth-order valence-corrected chi connectivity index (χ4v) is 8.82. The van der Waals surface area contributed by atoms with Crippen LogP contribution in [0, 0.1) is 29.6 Å². The number of hydrogen-bond acceptors (Lipinski definition) is 10. The Morgan fingerprint density at radius 2 is 1.64 bits per heavy atom. The zero-order valence-electron chi connectivity index (χ0n) is 29.4. The summed E-state index contributed by atoms with van der Waals surface area (Å²) in [6, 6.07) is -0.135. The number of esters is 1. The second kappa shape index (κ2) is 14.3. The third-order valence-electron chi connectivity index (χ3n) is 12.0. The Kier molecular flexibility index (Phi) is 11.6. The molecular formula is C34H60N2O9. The molecule has 4 saturated heterocycles. The highest BCUT2D eigenvalue weighted by atomic mass is 16.7. The maximum atomic E-state index is 14.1. The van der Waals surface area contributed by atoms with Gasteiger partial charge in [0, 0.05) is 39.8 Å². The molecule has 0 aromatic rings. The SMILES string of the molecule is CC[C@H]1[C@H](O[C@H]2C[C@@](C)(OC)[C@@H](O)C(C)O2)C(C)C(=O)O[C@H](CC)C2OC(=O)N3CCNC(C(C)C23)[C@H](C)C[C@@](C)(OC)[C@@H]1C. The van der Waals surface area contributed by atoms with Crippen molar-refractivity contribution in [2.75, 3.05) is 27.3 Å². The molecule has 11 nitrogen and oxygen atoms in total. The highest BCUT2D eigenvalue weighted by Gasteiger charge is 2.54. The lowest BCUT2D eigenvalue weighted by Crippen LogP contribution is -2.58. The number of nitrogens with zero attached hydrogens (tertiary/aromatic N) is 1.